The van der Waals surface area contributed by atoms with Crippen molar-refractivity contribution < 1.29 is 8.85 Å². The van der Waals surface area contributed by atoms with E-state index < -0.39 is 16.6 Å². The molecule has 0 aromatic carbocycles. The van der Waals surface area contributed by atoms with E-state index >= 15 is 0 Å². The van der Waals surface area contributed by atoms with Gasteiger partial charge in [0.05, 0.1) is 0 Å². The maximum atomic E-state index is 6.29. The molecule has 2 nitrogen and oxygen atoms in total. The van der Waals surface area contributed by atoms with Gasteiger partial charge in [-0.25, -0.2) is 0 Å². The Hall–Kier alpha value is -0.226. The molecule has 0 amide bonds. The summed E-state index contributed by atoms with van der Waals surface area (Å²) in [6.07, 6.45) is 7.31. The Morgan fingerprint density at radius 1 is 0.611 bits per heavy atom. The largest absolute Gasteiger partial charge is 0.545 e. The third-order valence-corrected chi connectivity index (χ3v) is 4.44. The molecule has 0 unspecified atom stereocenters. The first-order valence-corrected chi connectivity index (χ1v) is 14.1. The van der Waals surface area contributed by atoms with Crippen molar-refractivity contribution in [3.63, 3.8) is 0 Å². The Bertz CT molecular complexity index is 268. The van der Waals surface area contributed by atoms with E-state index in [-0.39, 0.29) is 0 Å². The smallest absolute Gasteiger partial charge is 0.241 e. The molecule has 1 rings (SSSR count). The van der Waals surface area contributed by atoms with E-state index in [9.17, 15) is 0 Å². The molecule has 106 valence electrons. The fraction of sp³-hybridized carbons (Fsp3) is 0.857. The zero-order chi connectivity index (χ0) is 13.8. The Kier molecular flexibility index (Phi) is 5.53. The number of hydrogen-bond acceptors (Lipinski definition) is 2. The van der Waals surface area contributed by atoms with Gasteiger partial charge >= 0.3 is 0 Å². The summed E-state index contributed by atoms with van der Waals surface area (Å²) >= 11 is 0. The third kappa shape index (κ3) is 6.64. The van der Waals surface area contributed by atoms with E-state index in [1.54, 1.807) is 0 Å². The van der Waals surface area contributed by atoms with E-state index in [4.69, 9.17) is 8.85 Å². The summed E-state index contributed by atoms with van der Waals surface area (Å²) < 4.78 is 12.6. The Balaban J connectivity index is 2.90. The van der Waals surface area contributed by atoms with Crippen LogP contribution in [0.4, 0.5) is 0 Å². The second-order valence-electron chi connectivity index (χ2n) is 7.19. The monoisotopic (exact) mass is 286 g/mol. The third-order valence-electron chi connectivity index (χ3n) is 2.73. The van der Waals surface area contributed by atoms with Crippen LogP contribution >= 0.6 is 0 Å². The highest BCUT2D eigenvalue weighted by molar-refractivity contribution is 6.70. The summed E-state index contributed by atoms with van der Waals surface area (Å²) in [7, 11) is -3.05. The van der Waals surface area contributed by atoms with Crippen molar-refractivity contribution in [1.29, 1.82) is 0 Å². The molecule has 0 fully saturated rings. The molecule has 0 radical (unpaired) electrons. The van der Waals surface area contributed by atoms with E-state index in [1.807, 2.05) is 0 Å². The lowest BCUT2D eigenvalue weighted by molar-refractivity contribution is 0.301. The zero-order valence-corrected chi connectivity index (χ0v) is 15.1. The molecule has 1 aliphatic rings. The molecule has 0 heterocycles. The van der Waals surface area contributed by atoms with Crippen LogP contribution in [0, 0.1) is 0 Å². The molecule has 0 atom stereocenters. The lowest BCUT2D eigenvalue weighted by Crippen LogP contribution is -2.29. The van der Waals surface area contributed by atoms with Crippen molar-refractivity contribution >= 4 is 16.6 Å². The number of rotatable bonds is 4. The van der Waals surface area contributed by atoms with Crippen molar-refractivity contribution in [3.8, 4) is 0 Å². The molecule has 4 heteroatoms. The Morgan fingerprint density at radius 2 is 0.944 bits per heavy atom. The van der Waals surface area contributed by atoms with Gasteiger partial charge in [0.15, 0.2) is 0 Å². The SMILES string of the molecule is C[Si](C)(C)OC1=C(O[Si](C)(C)C)CCCCCC1. The molecule has 0 bridgehead atoms. The van der Waals surface area contributed by atoms with Crippen LogP contribution in [0.5, 0.6) is 0 Å². The summed E-state index contributed by atoms with van der Waals surface area (Å²) in [5.41, 5.74) is 0. The van der Waals surface area contributed by atoms with Crippen molar-refractivity contribution in [1.82, 2.24) is 0 Å². The highest BCUT2D eigenvalue weighted by Crippen LogP contribution is 2.29. The maximum absolute atomic E-state index is 6.29. The molecular formula is C14H30O2Si2. The normalized spacial score (nSPS) is 19.2. The minimum absolute atomic E-state index is 1.07. The Labute approximate surface area is 115 Å². The van der Waals surface area contributed by atoms with Gasteiger partial charge in [-0.1, -0.05) is 12.8 Å². The van der Waals surface area contributed by atoms with Crippen LogP contribution in [-0.4, -0.2) is 16.6 Å². The average molecular weight is 287 g/mol. The van der Waals surface area contributed by atoms with Gasteiger partial charge in [0.1, 0.15) is 11.5 Å². The van der Waals surface area contributed by atoms with Gasteiger partial charge in [0.25, 0.3) is 0 Å². The first-order chi connectivity index (χ1) is 8.17. The van der Waals surface area contributed by atoms with E-state index in [1.165, 1.54) is 37.2 Å². The predicted molar refractivity (Wildman–Crippen MR) is 83.6 cm³/mol. The molecule has 0 aliphatic heterocycles. The predicted octanol–water partition coefficient (Wildman–Crippen LogP) is 5.26. The van der Waals surface area contributed by atoms with Crippen molar-refractivity contribution in [3.05, 3.63) is 11.5 Å². The van der Waals surface area contributed by atoms with Crippen LogP contribution in [-0.2, 0) is 8.85 Å². The van der Waals surface area contributed by atoms with E-state index in [2.05, 4.69) is 39.3 Å². The minimum Gasteiger partial charge on any atom is -0.545 e. The van der Waals surface area contributed by atoms with Crippen molar-refractivity contribution in [2.75, 3.05) is 0 Å². The first-order valence-electron chi connectivity index (χ1n) is 7.27. The number of allylic oxidation sites excluding steroid dienone is 2. The van der Waals surface area contributed by atoms with Gasteiger partial charge < -0.3 is 8.85 Å². The van der Waals surface area contributed by atoms with Crippen LogP contribution in [0.3, 0.4) is 0 Å². The fourth-order valence-corrected chi connectivity index (χ4v) is 4.07. The van der Waals surface area contributed by atoms with Gasteiger partial charge in [-0.05, 0) is 52.1 Å². The molecule has 0 saturated heterocycles. The fourth-order valence-electron chi connectivity index (χ4n) is 2.16. The summed E-state index contributed by atoms with van der Waals surface area (Å²) in [6, 6.07) is 0. The highest BCUT2D eigenvalue weighted by Gasteiger charge is 2.25. The minimum atomic E-state index is -1.52. The van der Waals surface area contributed by atoms with Gasteiger partial charge in [0, 0.05) is 12.8 Å². The molecule has 0 spiro atoms. The molecule has 18 heavy (non-hydrogen) atoms. The topological polar surface area (TPSA) is 18.5 Å². The van der Waals surface area contributed by atoms with E-state index in [0.29, 0.717) is 0 Å². The molecule has 0 aromatic rings. The number of hydrogen-bond donors (Lipinski definition) is 0. The second kappa shape index (κ2) is 6.28. The van der Waals surface area contributed by atoms with Gasteiger partial charge in [-0.3, -0.25) is 0 Å². The average Bonchev–Trinajstić information content (AvgIpc) is 2.12. The summed E-state index contributed by atoms with van der Waals surface area (Å²) in [6.45, 7) is 13.5. The van der Waals surface area contributed by atoms with Crippen LogP contribution in [0.25, 0.3) is 0 Å². The van der Waals surface area contributed by atoms with E-state index in [0.717, 1.165) is 12.8 Å². The second-order valence-corrected chi connectivity index (χ2v) is 16.0. The maximum Gasteiger partial charge on any atom is 0.241 e. The summed E-state index contributed by atoms with van der Waals surface area (Å²) in [5.74, 6) is 2.35. The first kappa shape index (κ1) is 15.8. The molecule has 0 aromatic heterocycles. The standard InChI is InChI=1S/C14H30O2Si2/c1-17(2,3)15-13-11-9-7-8-10-12-14(13)16-18(4,5)6/h7-12H2,1-6H3. The van der Waals surface area contributed by atoms with Crippen molar-refractivity contribution in [2.24, 2.45) is 0 Å². The van der Waals surface area contributed by atoms with Gasteiger partial charge in [-0.15, -0.1) is 0 Å². The molecule has 1 aliphatic carbocycles. The highest BCUT2D eigenvalue weighted by atomic mass is 28.4. The quantitative estimate of drug-likeness (QED) is 0.657. The lowest BCUT2D eigenvalue weighted by atomic mass is 10.0. The van der Waals surface area contributed by atoms with Gasteiger partial charge in [0.2, 0.25) is 16.6 Å². The summed E-state index contributed by atoms with van der Waals surface area (Å²) in [5, 5.41) is 0. The summed E-state index contributed by atoms with van der Waals surface area (Å²) in [4.78, 5) is 0. The van der Waals surface area contributed by atoms with Crippen LogP contribution in [0.2, 0.25) is 39.3 Å². The molecule has 0 saturated carbocycles. The lowest BCUT2D eigenvalue weighted by Gasteiger charge is -2.29. The van der Waals surface area contributed by atoms with Crippen LogP contribution in [0.15, 0.2) is 11.5 Å². The van der Waals surface area contributed by atoms with Gasteiger partial charge in [-0.2, -0.15) is 0 Å². The molecule has 0 N–H and O–H groups in total. The van der Waals surface area contributed by atoms with Crippen LogP contribution < -0.4 is 0 Å². The zero-order valence-electron chi connectivity index (χ0n) is 13.1. The van der Waals surface area contributed by atoms with Crippen molar-refractivity contribution in [2.45, 2.75) is 77.8 Å². The molecular weight excluding hydrogens is 256 g/mol. The Morgan fingerprint density at radius 3 is 1.22 bits per heavy atom. The van der Waals surface area contributed by atoms with Crippen LogP contribution in [0.1, 0.15) is 38.5 Å².